The van der Waals surface area contributed by atoms with Gasteiger partial charge in [0.25, 0.3) is 0 Å². The van der Waals surface area contributed by atoms with Gasteiger partial charge in [-0.2, -0.15) is 9.97 Å². The maximum absolute atomic E-state index is 13.1. The highest BCUT2D eigenvalue weighted by atomic mass is 31.2. The van der Waals surface area contributed by atoms with Crippen molar-refractivity contribution < 1.29 is 33.1 Å². The van der Waals surface area contributed by atoms with E-state index in [4.69, 9.17) is 29.8 Å². The van der Waals surface area contributed by atoms with Crippen molar-refractivity contribution in [2.24, 2.45) is 0 Å². The van der Waals surface area contributed by atoms with Crippen LogP contribution < -0.4 is 11.5 Å². The number of hydrogen-bond acceptors (Lipinski definition) is 12. The van der Waals surface area contributed by atoms with Crippen LogP contribution in [0.3, 0.4) is 0 Å². The molecule has 1 unspecified atom stereocenters. The molecule has 2 aliphatic heterocycles. The fraction of sp³-hybridized carbons (Fsp3) is 0.450. The van der Waals surface area contributed by atoms with E-state index in [0.717, 1.165) is 5.56 Å². The third-order valence-electron chi connectivity index (χ3n) is 5.99. The van der Waals surface area contributed by atoms with Gasteiger partial charge in [0, 0.05) is 25.0 Å². The van der Waals surface area contributed by atoms with E-state index >= 15 is 0 Å². The first kappa shape index (κ1) is 23.1. The van der Waals surface area contributed by atoms with Gasteiger partial charge < -0.3 is 31.0 Å². The van der Waals surface area contributed by atoms with E-state index in [1.54, 1.807) is 36.8 Å². The van der Waals surface area contributed by atoms with Gasteiger partial charge in [-0.1, -0.05) is 0 Å². The van der Waals surface area contributed by atoms with Crippen LogP contribution in [0.1, 0.15) is 31.2 Å². The molecule has 2 fully saturated rings. The number of hydrogen-bond donors (Lipinski definition) is 4. The molecule has 2 aliphatic rings. The molecule has 2 saturated heterocycles. The molecule has 0 amide bonds. The van der Waals surface area contributed by atoms with Crippen LogP contribution in [0.5, 0.6) is 0 Å². The Kier molecular flexibility index (Phi) is 5.81. The van der Waals surface area contributed by atoms with Crippen molar-refractivity contribution in [1.29, 1.82) is 0 Å². The molecule has 5 heterocycles. The van der Waals surface area contributed by atoms with Gasteiger partial charge in [0.15, 0.2) is 6.23 Å². The second kappa shape index (κ2) is 8.54. The van der Waals surface area contributed by atoms with Crippen LogP contribution in [0.4, 0.5) is 11.8 Å². The van der Waals surface area contributed by atoms with E-state index in [9.17, 15) is 14.8 Å². The normalized spacial score (nSPS) is 34.0. The predicted molar refractivity (Wildman–Crippen MR) is 119 cm³/mol. The summed E-state index contributed by atoms with van der Waals surface area (Å²) in [5.74, 6) is 0.129. The zero-order valence-corrected chi connectivity index (χ0v) is 19.1. The van der Waals surface area contributed by atoms with Gasteiger partial charge in [0.05, 0.1) is 24.7 Å². The fourth-order valence-electron chi connectivity index (χ4n) is 4.19. The number of aliphatic hydroxyl groups is 2. The summed E-state index contributed by atoms with van der Waals surface area (Å²) in [7, 11) is -3.94. The molecule has 0 radical (unpaired) electrons. The van der Waals surface area contributed by atoms with Crippen molar-refractivity contribution in [2.75, 3.05) is 24.7 Å². The van der Waals surface area contributed by atoms with Crippen LogP contribution in [-0.2, 0) is 22.9 Å². The van der Waals surface area contributed by atoms with E-state index < -0.39 is 38.0 Å². The highest BCUT2D eigenvalue weighted by Crippen LogP contribution is 2.57. The van der Waals surface area contributed by atoms with Crippen molar-refractivity contribution in [3.63, 3.8) is 0 Å². The summed E-state index contributed by atoms with van der Waals surface area (Å²) < 4.78 is 36.9. The molecule has 3 aromatic rings. The van der Waals surface area contributed by atoms with E-state index in [1.807, 2.05) is 0 Å². The first-order valence-corrected chi connectivity index (χ1v) is 12.1. The fourth-order valence-corrected chi connectivity index (χ4v) is 5.58. The molecule has 182 valence electrons. The molecule has 5 rings (SSSR count). The number of phosphoric acid groups is 1. The maximum atomic E-state index is 13.1. The minimum Gasteiger partial charge on any atom is -0.387 e. The number of aromatic nitrogens is 4. The molecule has 34 heavy (non-hydrogen) atoms. The quantitative estimate of drug-likeness (QED) is 0.374. The Morgan fingerprint density at radius 1 is 1.29 bits per heavy atom. The Balaban J connectivity index is 1.33. The van der Waals surface area contributed by atoms with Gasteiger partial charge >= 0.3 is 7.82 Å². The molecule has 0 saturated carbocycles. The highest BCUT2D eigenvalue weighted by molar-refractivity contribution is 7.48. The van der Waals surface area contributed by atoms with Gasteiger partial charge in [-0.25, -0.2) is 4.57 Å². The van der Waals surface area contributed by atoms with Gasteiger partial charge in [-0.15, -0.1) is 0 Å². The molecule has 0 spiro atoms. The summed E-state index contributed by atoms with van der Waals surface area (Å²) in [6.07, 6.45) is 1.32. The summed E-state index contributed by atoms with van der Waals surface area (Å²) in [6.45, 7) is 1.22. The van der Waals surface area contributed by atoms with E-state index in [-0.39, 0.29) is 25.0 Å². The predicted octanol–water partition coefficient (Wildman–Crippen LogP) is 1.30. The van der Waals surface area contributed by atoms with E-state index in [1.165, 1.54) is 11.5 Å². The minimum atomic E-state index is -3.94. The minimum absolute atomic E-state index is 0.0449. The van der Waals surface area contributed by atoms with E-state index in [2.05, 4.69) is 15.0 Å². The Morgan fingerprint density at radius 2 is 2.06 bits per heavy atom. The number of fused-ring (bicyclic) bond motifs is 1. The Hall–Kier alpha value is -2.64. The van der Waals surface area contributed by atoms with Gasteiger partial charge in [-0.3, -0.25) is 18.6 Å². The average molecular weight is 492 g/mol. The number of rotatable bonds is 5. The van der Waals surface area contributed by atoms with Gasteiger partial charge in [0.1, 0.15) is 29.3 Å². The van der Waals surface area contributed by atoms with Crippen LogP contribution >= 0.6 is 7.82 Å². The molecule has 14 heteroatoms. The third-order valence-corrected chi connectivity index (χ3v) is 7.46. The average Bonchev–Trinajstić information content (AvgIpc) is 3.32. The number of aliphatic hydroxyl groups excluding tert-OH is 1. The number of nitrogen functional groups attached to an aromatic ring is 2. The van der Waals surface area contributed by atoms with Crippen LogP contribution in [0, 0.1) is 0 Å². The molecule has 13 nitrogen and oxygen atoms in total. The largest absolute Gasteiger partial charge is 0.475 e. The molecule has 0 bridgehead atoms. The van der Waals surface area contributed by atoms with Crippen LogP contribution in [0.25, 0.3) is 11.0 Å². The molecule has 3 aromatic heterocycles. The molecular weight excluding hydrogens is 467 g/mol. The zero-order valence-electron chi connectivity index (χ0n) is 18.2. The second-order valence-electron chi connectivity index (χ2n) is 8.36. The highest BCUT2D eigenvalue weighted by Gasteiger charge is 2.54. The molecule has 6 atom stereocenters. The lowest BCUT2D eigenvalue weighted by Gasteiger charge is -2.30. The first-order valence-electron chi connectivity index (χ1n) is 10.6. The Bertz CT molecular complexity index is 1240. The number of pyridine rings is 1. The topological polar surface area (TPSA) is 190 Å². The zero-order chi connectivity index (χ0) is 24.1. The van der Waals surface area contributed by atoms with Crippen LogP contribution in [0.15, 0.2) is 36.8 Å². The molecule has 0 aromatic carbocycles. The first-order chi connectivity index (χ1) is 16.2. The Morgan fingerprint density at radius 3 is 2.82 bits per heavy atom. The maximum Gasteiger partial charge on any atom is 0.475 e. The summed E-state index contributed by atoms with van der Waals surface area (Å²) in [4.78, 5) is 12.1. The Labute approximate surface area is 194 Å². The summed E-state index contributed by atoms with van der Waals surface area (Å²) in [5.41, 5.74) is 11.0. The summed E-state index contributed by atoms with van der Waals surface area (Å²) in [5, 5.41) is 22.4. The van der Waals surface area contributed by atoms with Crippen molar-refractivity contribution in [2.45, 2.75) is 43.5 Å². The molecule has 6 N–H and O–H groups in total. The number of phosphoric ester groups is 1. The lowest BCUT2D eigenvalue weighted by molar-refractivity contribution is -0.0950. The molecular formula is C20H25N6O7P. The lowest BCUT2D eigenvalue weighted by Crippen LogP contribution is -2.44. The van der Waals surface area contributed by atoms with E-state index in [0.29, 0.717) is 17.5 Å². The smallest absolute Gasteiger partial charge is 0.387 e. The SMILES string of the molecule is C[C@@]1(O)[C@H](O)[C@@H](CO[P@@]2(=O)OCCC(c3ccncc3)O2)O[C@H]1n1ccc2c(N)nc(N)nc21. The number of ether oxygens (including phenoxy) is 1. The molecule has 0 aliphatic carbocycles. The number of anilines is 2. The van der Waals surface area contributed by atoms with Crippen molar-refractivity contribution in [3.05, 3.63) is 42.4 Å². The van der Waals surface area contributed by atoms with Gasteiger partial charge in [0.2, 0.25) is 5.95 Å². The van der Waals surface area contributed by atoms with Crippen LogP contribution in [0.2, 0.25) is 0 Å². The standard InChI is InChI=1S/C20H25N6O7P/c1-20(28)15(27)14(32-18(20)26-8-4-12-16(21)24-19(22)25-17(12)26)10-31-34(29)30-9-5-13(33-34)11-2-6-23-7-3-11/h2-4,6-8,13-15,18,27-28H,5,9-10H2,1H3,(H4,21,22,24,25)/t13?,14-,15-,18-,20-,34-/m1/s1. The number of nitrogens with two attached hydrogens (primary N) is 2. The van der Waals surface area contributed by atoms with Crippen molar-refractivity contribution in [3.8, 4) is 0 Å². The van der Waals surface area contributed by atoms with Gasteiger partial charge in [-0.05, 0) is 30.7 Å². The second-order valence-corrected chi connectivity index (χ2v) is 9.99. The summed E-state index contributed by atoms with van der Waals surface area (Å²) >= 11 is 0. The monoisotopic (exact) mass is 492 g/mol. The third kappa shape index (κ3) is 4.05. The van der Waals surface area contributed by atoms with Crippen molar-refractivity contribution in [1.82, 2.24) is 19.5 Å². The summed E-state index contributed by atoms with van der Waals surface area (Å²) in [6, 6.07) is 5.17. The van der Waals surface area contributed by atoms with Crippen LogP contribution in [-0.4, -0.2) is 60.8 Å². The lowest BCUT2D eigenvalue weighted by atomic mass is 9.96. The van der Waals surface area contributed by atoms with Crippen molar-refractivity contribution >= 4 is 30.6 Å². The number of nitrogens with zero attached hydrogens (tertiary/aromatic N) is 4.